The highest BCUT2D eigenvalue weighted by molar-refractivity contribution is 5.72. The summed E-state index contributed by atoms with van der Waals surface area (Å²) in [5.41, 5.74) is 3.39. The van der Waals surface area contributed by atoms with Gasteiger partial charge in [0.1, 0.15) is 0 Å². The van der Waals surface area contributed by atoms with Crippen LogP contribution in [-0.4, -0.2) is 23.3 Å². The molecule has 0 aliphatic carbocycles. The second kappa shape index (κ2) is 5.82. The number of carbonyl (C=O) groups is 1. The van der Waals surface area contributed by atoms with E-state index < -0.39 is 12.1 Å². The molecule has 1 atom stereocenters. The predicted molar refractivity (Wildman–Crippen MR) is 67.3 cm³/mol. The van der Waals surface area contributed by atoms with Crippen molar-refractivity contribution in [1.82, 2.24) is 0 Å². The third-order valence-electron chi connectivity index (χ3n) is 2.70. The summed E-state index contributed by atoms with van der Waals surface area (Å²) in [7, 11) is 0. The van der Waals surface area contributed by atoms with Crippen LogP contribution >= 0.6 is 0 Å². The van der Waals surface area contributed by atoms with Crippen LogP contribution in [0.25, 0.3) is 0 Å². The van der Waals surface area contributed by atoms with E-state index in [1.54, 1.807) is 0 Å². The van der Waals surface area contributed by atoms with E-state index in [-0.39, 0.29) is 6.10 Å². The topological polar surface area (TPSA) is 46.5 Å². The van der Waals surface area contributed by atoms with Gasteiger partial charge in [-0.3, -0.25) is 0 Å². The number of hydrogen-bond donors (Lipinski definition) is 1. The Labute approximate surface area is 102 Å². The summed E-state index contributed by atoms with van der Waals surface area (Å²) in [6, 6.07) is 6.00. The van der Waals surface area contributed by atoms with E-state index in [1.165, 1.54) is 11.1 Å². The number of hydrogen-bond acceptors (Lipinski definition) is 2. The predicted octanol–water partition coefficient (Wildman–Crippen LogP) is 2.72. The zero-order valence-electron chi connectivity index (χ0n) is 10.9. The van der Waals surface area contributed by atoms with Crippen LogP contribution in [0, 0.1) is 13.8 Å². The lowest BCUT2D eigenvalue weighted by Gasteiger charge is -2.17. The smallest absolute Gasteiger partial charge is 0.333 e. The summed E-state index contributed by atoms with van der Waals surface area (Å²) in [6.07, 6.45) is -0.436. The number of carboxylic acids is 1. The minimum absolute atomic E-state index is 0.0809. The molecule has 17 heavy (non-hydrogen) atoms. The zero-order chi connectivity index (χ0) is 13.0. The van der Waals surface area contributed by atoms with Gasteiger partial charge in [-0.05, 0) is 44.4 Å². The molecule has 0 saturated heterocycles. The van der Waals surface area contributed by atoms with Crippen molar-refractivity contribution in [3.05, 3.63) is 34.9 Å². The molecule has 0 bridgehead atoms. The average Bonchev–Trinajstić information content (AvgIpc) is 2.21. The fourth-order valence-corrected chi connectivity index (χ4v) is 1.67. The minimum atomic E-state index is -0.906. The van der Waals surface area contributed by atoms with Crippen LogP contribution in [0.4, 0.5) is 0 Å². The fourth-order valence-electron chi connectivity index (χ4n) is 1.67. The summed E-state index contributed by atoms with van der Waals surface area (Å²) >= 11 is 0. The van der Waals surface area contributed by atoms with E-state index in [2.05, 4.69) is 0 Å². The van der Waals surface area contributed by atoms with Crippen LogP contribution in [0.2, 0.25) is 0 Å². The van der Waals surface area contributed by atoms with Crippen LogP contribution < -0.4 is 0 Å². The van der Waals surface area contributed by atoms with Gasteiger partial charge in [0, 0.05) is 6.42 Å². The first-order chi connectivity index (χ1) is 7.90. The molecule has 1 rings (SSSR count). The van der Waals surface area contributed by atoms with Crippen molar-refractivity contribution in [3.8, 4) is 0 Å². The van der Waals surface area contributed by atoms with Gasteiger partial charge in [-0.2, -0.15) is 0 Å². The lowest BCUT2D eigenvalue weighted by molar-refractivity contribution is -0.153. The largest absolute Gasteiger partial charge is 0.479 e. The van der Waals surface area contributed by atoms with Crippen LogP contribution in [0.1, 0.15) is 30.5 Å². The normalized spacial score (nSPS) is 12.8. The van der Waals surface area contributed by atoms with E-state index in [1.807, 2.05) is 45.9 Å². The minimum Gasteiger partial charge on any atom is -0.479 e. The fraction of sp³-hybridized carbons (Fsp3) is 0.500. The Balaban J connectivity index is 2.78. The van der Waals surface area contributed by atoms with Crippen molar-refractivity contribution < 1.29 is 14.6 Å². The monoisotopic (exact) mass is 236 g/mol. The van der Waals surface area contributed by atoms with Gasteiger partial charge in [0.2, 0.25) is 0 Å². The maximum absolute atomic E-state index is 11.1. The SMILES string of the molecule is Cc1ccc(C[C@H](OC(C)C)C(=O)O)cc1C. The van der Waals surface area contributed by atoms with Crippen LogP contribution in [0.5, 0.6) is 0 Å². The molecule has 0 fully saturated rings. The molecule has 94 valence electrons. The number of benzene rings is 1. The summed E-state index contributed by atoms with van der Waals surface area (Å²) in [5, 5.41) is 9.08. The standard InChI is InChI=1S/C14H20O3/c1-9(2)17-13(14(15)16)8-12-6-5-10(3)11(4)7-12/h5-7,9,13H,8H2,1-4H3,(H,15,16)/t13-/m0/s1. The highest BCUT2D eigenvalue weighted by atomic mass is 16.5. The molecule has 1 aromatic rings. The molecule has 0 spiro atoms. The van der Waals surface area contributed by atoms with Gasteiger partial charge in [-0.15, -0.1) is 0 Å². The maximum Gasteiger partial charge on any atom is 0.333 e. The van der Waals surface area contributed by atoms with E-state index in [4.69, 9.17) is 9.84 Å². The Hall–Kier alpha value is -1.35. The lowest BCUT2D eigenvalue weighted by Crippen LogP contribution is -2.29. The van der Waals surface area contributed by atoms with E-state index in [9.17, 15) is 4.79 Å². The molecule has 0 aliphatic rings. The second-order valence-corrected chi connectivity index (χ2v) is 4.63. The van der Waals surface area contributed by atoms with Crippen molar-refractivity contribution in [2.75, 3.05) is 0 Å². The van der Waals surface area contributed by atoms with Crippen LogP contribution in [0.3, 0.4) is 0 Å². The van der Waals surface area contributed by atoms with Gasteiger partial charge in [0.05, 0.1) is 6.10 Å². The van der Waals surface area contributed by atoms with E-state index in [0.717, 1.165) is 5.56 Å². The van der Waals surface area contributed by atoms with Gasteiger partial charge in [0.25, 0.3) is 0 Å². The van der Waals surface area contributed by atoms with Crippen molar-refractivity contribution in [2.24, 2.45) is 0 Å². The maximum atomic E-state index is 11.1. The van der Waals surface area contributed by atoms with Crippen LogP contribution in [0.15, 0.2) is 18.2 Å². The van der Waals surface area contributed by atoms with Gasteiger partial charge in [0.15, 0.2) is 6.10 Å². The molecule has 0 saturated carbocycles. The third kappa shape index (κ3) is 4.19. The van der Waals surface area contributed by atoms with Crippen molar-refractivity contribution >= 4 is 5.97 Å². The lowest BCUT2D eigenvalue weighted by atomic mass is 10.0. The molecule has 1 N–H and O–H groups in total. The molecule has 0 amide bonds. The molecule has 0 heterocycles. The summed E-state index contributed by atoms with van der Waals surface area (Å²) in [6.45, 7) is 7.75. The Bertz CT molecular complexity index is 396. The number of rotatable bonds is 5. The van der Waals surface area contributed by atoms with E-state index in [0.29, 0.717) is 6.42 Å². The molecule has 3 nitrogen and oxygen atoms in total. The summed E-state index contributed by atoms with van der Waals surface area (Å²) in [5.74, 6) is -0.906. The van der Waals surface area contributed by atoms with Crippen molar-refractivity contribution in [1.29, 1.82) is 0 Å². The number of aryl methyl sites for hydroxylation is 2. The molecule has 0 radical (unpaired) electrons. The molecule has 0 unspecified atom stereocenters. The first-order valence-electron chi connectivity index (χ1n) is 5.84. The Morgan fingerprint density at radius 3 is 2.41 bits per heavy atom. The number of ether oxygens (including phenoxy) is 1. The van der Waals surface area contributed by atoms with Gasteiger partial charge >= 0.3 is 5.97 Å². The Kier molecular flexibility index (Phi) is 4.70. The van der Waals surface area contributed by atoms with E-state index >= 15 is 0 Å². The zero-order valence-corrected chi connectivity index (χ0v) is 10.9. The molecular formula is C14H20O3. The molecular weight excluding hydrogens is 216 g/mol. The second-order valence-electron chi connectivity index (χ2n) is 4.63. The number of carboxylic acid groups (broad SMARTS) is 1. The summed E-state index contributed by atoms with van der Waals surface area (Å²) in [4.78, 5) is 11.1. The first-order valence-corrected chi connectivity index (χ1v) is 5.84. The molecule has 3 heteroatoms. The Morgan fingerprint density at radius 2 is 1.94 bits per heavy atom. The van der Waals surface area contributed by atoms with Gasteiger partial charge in [-0.1, -0.05) is 18.2 Å². The Morgan fingerprint density at radius 1 is 1.29 bits per heavy atom. The average molecular weight is 236 g/mol. The van der Waals surface area contributed by atoms with Crippen molar-refractivity contribution in [3.63, 3.8) is 0 Å². The van der Waals surface area contributed by atoms with Crippen LogP contribution in [-0.2, 0) is 16.0 Å². The molecule has 0 aromatic heterocycles. The highest BCUT2D eigenvalue weighted by Crippen LogP contribution is 2.13. The quantitative estimate of drug-likeness (QED) is 0.855. The molecule has 1 aromatic carbocycles. The molecule has 0 aliphatic heterocycles. The highest BCUT2D eigenvalue weighted by Gasteiger charge is 2.20. The summed E-state index contributed by atoms with van der Waals surface area (Å²) < 4.78 is 5.39. The van der Waals surface area contributed by atoms with Crippen molar-refractivity contribution in [2.45, 2.75) is 46.3 Å². The van der Waals surface area contributed by atoms with Gasteiger partial charge in [-0.25, -0.2) is 4.79 Å². The van der Waals surface area contributed by atoms with Gasteiger partial charge < -0.3 is 9.84 Å². The first kappa shape index (κ1) is 13.7. The number of aliphatic carboxylic acids is 1. The third-order valence-corrected chi connectivity index (χ3v) is 2.70.